The fourth-order valence-electron chi connectivity index (χ4n) is 2.39. The van der Waals surface area contributed by atoms with E-state index in [0.29, 0.717) is 17.9 Å². The summed E-state index contributed by atoms with van der Waals surface area (Å²) in [6, 6.07) is 0.642. The number of aliphatic imine (C=N–C) groups is 1. The normalized spacial score (nSPS) is 19.0. The Balaban J connectivity index is 2.60. The molecule has 0 heterocycles. The van der Waals surface area contributed by atoms with Gasteiger partial charge in [-0.25, -0.2) is 0 Å². The van der Waals surface area contributed by atoms with Gasteiger partial charge in [0.05, 0.1) is 0 Å². The van der Waals surface area contributed by atoms with Gasteiger partial charge in [-0.05, 0) is 24.7 Å². The van der Waals surface area contributed by atoms with E-state index in [1.54, 1.807) is 0 Å². The van der Waals surface area contributed by atoms with Crippen LogP contribution in [0.3, 0.4) is 0 Å². The molecular formula is C13H25N. The maximum atomic E-state index is 4.95. The lowest BCUT2D eigenvalue weighted by molar-refractivity contribution is 0.440. The molecule has 1 aliphatic carbocycles. The third-order valence-electron chi connectivity index (χ3n) is 3.09. The van der Waals surface area contributed by atoms with Crippen molar-refractivity contribution in [1.29, 1.82) is 0 Å². The minimum atomic E-state index is 0.622. The van der Waals surface area contributed by atoms with E-state index in [1.165, 1.54) is 37.8 Å². The molecule has 0 amide bonds. The Labute approximate surface area is 89.0 Å². The van der Waals surface area contributed by atoms with Crippen molar-refractivity contribution < 1.29 is 0 Å². The van der Waals surface area contributed by atoms with Crippen LogP contribution < -0.4 is 0 Å². The molecule has 0 radical (unpaired) electrons. The minimum Gasteiger partial charge on any atom is -0.290 e. The maximum Gasteiger partial charge on any atom is 0.0499 e. The molecule has 1 aliphatic rings. The average Bonchev–Trinajstić information content (AvgIpc) is 2.15. The van der Waals surface area contributed by atoms with Crippen molar-refractivity contribution in [2.24, 2.45) is 16.8 Å². The van der Waals surface area contributed by atoms with Gasteiger partial charge in [0.15, 0.2) is 0 Å². The number of hydrogen-bond donors (Lipinski definition) is 0. The first kappa shape index (κ1) is 11.7. The lowest BCUT2D eigenvalue weighted by Crippen LogP contribution is -2.20. The van der Waals surface area contributed by atoms with Crippen LogP contribution in [0, 0.1) is 11.8 Å². The van der Waals surface area contributed by atoms with E-state index in [1.807, 2.05) is 0 Å². The number of nitrogens with zero attached hydrogens (tertiary/aromatic N) is 1. The zero-order valence-electron chi connectivity index (χ0n) is 10.2. The van der Waals surface area contributed by atoms with Gasteiger partial charge in [-0.2, -0.15) is 0 Å². The zero-order valence-corrected chi connectivity index (χ0v) is 10.2. The number of hydrogen-bond acceptors (Lipinski definition) is 1. The molecule has 0 atom stereocenters. The van der Waals surface area contributed by atoms with E-state index in [0.717, 1.165) is 0 Å². The first-order valence-corrected chi connectivity index (χ1v) is 6.19. The molecule has 0 unspecified atom stereocenters. The smallest absolute Gasteiger partial charge is 0.0499 e. The van der Waals surface area contributed by atoms with Gasteiger partial charge in [-0.3, -0.25) is 4.99 Å². The molecule has 0 spiro atoms. The van der Waals surface area contributed by atoms with Crippen molar-refractivity contribution >= 4 is 5.71 Å². The van der Waals surface area contributed by atoms with E-state index in [9.17, 15) is 0 Å². The van der Waals surface area contributed by atoms with Crippen molar-refractivity contribution in [2.75, 3.05) is 0 Å². The lowest BCUT2D eigenvalue weighted by Gasteiger charge is -2.22. The van der Waals surface area contributed by atoms with E-state index in [4.69, 9.17) is 4.99 Å². The molecule has 1 nitrogen and oxygen atoms in total. The summed E-state index contributed by atoms with van der Waals surface area (Å²) in [6.45, 7) is 9.06. The summed E-state index contributed by atoms with van der Waals surface area (Å²) in [4.78, 5) is 4.95. The van der Waals surface area contributed by atoms with Crippen LogP contribution in [0.4, 0.5) is 0 Å². The molecule has 1 heteroatoms. The molecule has 14 heavy (non-hydrogen) atoms. The molecule has 0 aromatic rings. The Morgan fingerprint density at radius 2 is 1.43 bits per heavy atom. The molecule has 1 saturated carbocycles. The third-order valence-corrected chi connectivity index (χ3v) is 3.09. The van der Waals surface area contributed by atoms with Gasteiger partial charge in [0.2, 0.25) is 0 Å². The summed E-state index contributed by atoms with van der Waals surface area (Å²) in [5.74, 6) is 1.24. The minimum absolute atomic E-state index is 0.622. The monoisotopic (exact) mass is 195 g/mol. The fraction of sp³-hybridized carbons (Fsp3) is 0.923. The van der Waals surface area contributed by atoms with Crippen molar-refractivity contribution in [3.05, 3.63) is 0 Å². The van der Waals surface area contributed by atoms with Crippen LogP contribution in [-0.2, 0) is 0 Å². The lowest BCUT2D eigenvalue weighted by atomic mass is 9.93. The van der Waals surface area contributed by atoms with Crippen molar-refractivity contribution in [3.8, 4) is 0 Å². The van der Waals surface area contributed by atoms with Crippen LogP contribution in [0.25, 0.3) is 0 Å². The molecule has 1 fully saturated rings. The van der Waals surface area contributed by atoms with Crippen LogP contribution >= 0.6 is 0 Å². The van der Waals surface area contributed by atoms with Crippen molar-refractivity contribution in [2.45, 2.75) is 65.8 Å². The van der Waals surface area contributed by atoms with Crippen LogP contribution in [0.15, 0.2) is 4.99 Å². The first-order valence-electron chi connectivity index (χ1n) is 6.19. The maximum absolute atomic E-state index is 4.95. The highest BCUT2D eigenvalue weighted by atomic mass is 14.8. The number of rotatable bonds is 3. The van der Waals surface area contributed by atoms with Gasteiger partial charge >= 0.3 is 0 Å². The predicted molar refractivity (Wildman–Crippen MR) is 64.0 cm³/mol. The summed E-state index contributed by atoms with van der Waals surface area (Å²) in [5, 5.41) is 0. The van der Waals surface area contributed by atoms with Gasteiger partial charge in [0.1, 0.15) is 0 Å². The van der Waals surface area contributed by atoms with Crippen LogP contribution in [0.1, 0.15) is 59.8 Å². The fourth-order valence-corrected chi connectivity index (χ4v) is 2.39. The van der Waals surface area contributed by atoms with Gasteiger partial charge in [0.25, 0.3) is 0 Å². The first-order chi connectivity index (χ1) is 6.61. The summed E-state index contributed by atoms with van der Waals surface area (Å²) in [7, 11) is 0. The van der Waals surface area contributed by atoms with Gasteiger partial charge in [0, 0.05) is 11.8 Å². The Hall–Kier alpha value is -0.330. The zero-order chi connectivity index (χ0) is 10.6. The second-order valence-electron chi connectivity index (χ2n) is 5.16. The predicted octanol–water partition coefficient (Wildman–Crippen LogP) is 4.07. The quantitative estimate of drug-likeness (QED) is 0.602. The Morgan fingerprint density at radius 3 is 1.86 bits per heavy atom. The van der Waals surface area contributed by atoms with Gasteiger partial charge < -0.3 is 0 Å². The summed E-state index contributed by atoms with van der Waals surface area (Å²) < 4.78 is 0. The molecule has 0 saturated heterocycles. The van der Waals surface area contributed by atoms with Crippen LogP contribution in [0.5, 0.6) is 0 Å². The molecule has 0 aromatic heterocycles. The Kier molecular flexibility index (Phi) is 4.64. The molecule has 0 aliphatic heterocycles. The summed E-state index contributed by atoms with van der Waals surface area (Å²) in [6.07, 6.45) is 6.84. The highest BCUT2D eigenvalue weighted by molar-refractivity contribution is 5.88. The topological polar surface area (TPSA) is 12.4 Å². The van der Waals surface area contributed by atoms with E-state index < -0.39 is 0 Å². The van der Waals surface area contributed by atoms with Crippen molar-refractivity contribution in [3.63, 3.8) is 0 Å². The average molecular weight is 195 g/mol. The van der Waals surface area contributed by atoms with E-state index >= 15 is 0 Å². The van der Waals surface area contributed by atoms with Gasteiger partial charge in [-0.15, -0.1) is 0 Å². The van der Waals surface area contributed by atoms with Crippen LogP contribution in [0.2, 0.25) is 0 Å². The standard InChI is InChI=1S/C13H25N/c1-10(2)13(11(3)4)14-12-8-6-5-7-9-12/h10-12H,5-9H2,1-4H3. The Morgan fingerprint density at radius 1 is 0.929 bits per heavy atom. The molecular weight excluding hydrogens is 170 g/mol. The SMILES string of the molecule is CC(C)C(=NC1CCCCC1)C(C)C. The molecule has 1 rings (SSSR count). The van der Waals surface area contributed by atoms with E-state index in [2.05, 4.69) is 27.7 Å². The highest BCUT2D eigenvalue weighted by Gasteiger charge is 2.16. The molecule has 82 valence electrons. The third kappa shape index (κ3) is 3.43. The molecule has 0 aromatic carbocycles. The highest BCUT2D eigenvalue weighted by Crippen LogP contribution is 2.22. The van der Waals surface area contributed by atoms with E-state index in [-0.39, 0.29) is 0 Å². The summed E-state index contributed by atoms with van der Waals surface area (Å²) >= 11 is 0. The second-order valence-corrected chi connectivity index (χ2v) is 5.16. The van der Waals surface area contributed by atoms with Crippen molar-refractivity contribution in [1.82, 2.24) is 0 Å². The van der Waals surface area contributed by atoms with Crippen LogP contribution in [-0.4, -0.2) is 11.8 Å². The van der Waals surface area contributed by atoms with Gasteiger partial charge in [-0.1, -0.05) is 47.0 Å². The largest absolute Gasteiger partial charge is 0.290 e. The second kappa shape index (κ2) is 5.53. The molecule has 0 N–H and O–H groups in total. The molecule has 0 bridgehead atoms. The summed E-state index contributed by atoms with van der Waals surface area (Å²) in [5.41, 5.74) is 1.43. The Bertz CT molecular complexity index is 175.